The van der Waals surface area contributed by atoms with Gasteiger partial charge in [0.2, 0.25) is 0 Å². The summed E-state index contributed by atoms with van der Waals surface area (Å²) in [5, 5.41) is 0. The normalized spacial score (nSPS) is 20.7. The third-order valence-electron chi connectivity index (χ3n) is 3.71. The lowest BCUT2D eigenvalue weighted by atomic mass is 9.98. The van der Waals surface area contributed by atoms with E-state index in [1.807, 2.05) is 0 Å². The van der Waals surface area contributed by atoms with Crippen LogP contribution in [0.4, 0.5) is 0 Å². The van der Waals surface area contributed by atoms with Crippen LogP contribution in [0.3, 0.4) is 0 Å². The van der Waals surface area contributed by atoms with Gasteiger partial charge in [-0.05, 0) is 62.3 Å². The molecule has 3 nitrogen and oxygen atoms in total. The Morgan fingerprint density at radius 2 is 2.32 bits per heavy atom. The fourth-order valence-corrected chi connectivity index (χ4v) is 3.36. The Kier molecular flexibility index (Phi) is 5.82. The molecule has 2 unspecified atom stereocenters. The van der Waals surface area contributed by atoms with Crippen LogP contribution in [0.1, 0.15) is 49.3 Å². The fourth-order valence-electron chi connectivity index (χ4n) is 2.73. The van der Waals surface area contributed by atoms with Crippen LogP contribution in [0.5, 0.6) is 0 Å². The highest BCUT2D eigenvalue weighted by molar-refractivity contribution is 9.10. The second kappa shape index (κ2) is 7.39. The van der Waals surface area contributed by atoms with Gasteiger partial charge in [0.05, 0.1) is 6.10 Å². The quantitative estimate of drug-likeness (QED) is 0.620. The first-order chi connectivity index (χ1) is 9.19. The highest BCUT2D eigenvalue weighted by atomic mass is 79.9. The summed E-state index contributed by atoms with van der Waals surface area (Å²) in [5.74, 6) is 5.70. The molecule has 0 bridgehead atoms. The molecule has 0 spiro atoms. The Labute approximate surface area is 124 Å². The topological polar surface area (TPSA) is 47.3 Å². The number of benzene rings is 1. The molecule has 0 saturated carbocycles. The zero-order valence-electron chi connectivity index (χ0n) is 11.5. The minimum Gasteiger partial charge on any atom is -0.378 e. The first-order valence-corrected chi connectivity index (χ1v) is 7.83. The minimum absolute atomic E-state index is 0.220. The van der Waals surface area contributed by atoms with E-state index < -0.39 is 0 Å². The Hall–Kier alpha value is -0.420. The summed E-state index contributed by atoms with van der Waals surface area (Å²) in [4.78, 5) is 0. The molecule has 0 aliphatic carbocycles. The molecule has 106 valence electrons. The van der Waals surface area contributed by atoms with Gasteiger partial charge in [0, 0.05) is 17.1 Å². The molecule has 2 atom stereocenters. The smallest absolute Gasteiger partial charge is 0.0576 e. The summed E-state index contributed by atoms with van der Waals surface area (Å²) in [6, 6.07) is 6.67. The molecule has 0 aromatic heterocycles. The highest BCUT2D eigenvalue weighted by Crippen LogP contribution is 2.25. The van der Waals surface area contributed by atoms with Crippen molar-refractivity contribution in [3.63, 3.8) is 0 Å². The van der Waals surface area contributed by atoms with Gasteiger partial charge in [-0.15, -0.1) is 0 Å². The zero-order valence-corrected chi connectivity index (χ0v) is 13.1. The second-order valence-electron chi connectivity index (χ2n) is 5.35. The van der Waals surface area contributed by atoms with E-state index in [1.54, 1.807) is 0 Å². The van der Waals surface area contributed by atoms with Crippen molar-refractivity contribution in [1.29, 1.82) is 0 Å². The molecule has 1 aromatic carbocycles. The SMILES string of the molecule is Cc1cc(Br)cc(C(CCCC2CCCO2)NN)c1. The Morgan fingerprint density at radius 3 is 2.95 bits per heavy atom. The minimum atomic E-state index is 0.220. The van der Waals surface area contributed by atoms with Gasteiger partial charge in [0.15, 0.2) is 0 Å². The molecule has 1 aliphatic rings. The average Bonchev–Trinajstić information content (AvgIpc) is 2.86. The summed E-state index contributed by atoms with van der Waals surface area (Å²) in [6.07, 6.45) is 6.25. The number of halogens is 1. The highest BCUT2D eigenvalue weighted by Gasteiger charge is 2.16. The van der Waals surface area contributed by atoms with E-state index in [-0.39, 0.29) is 6.04 Å². The standard InChI is InChI=1S/C15H23BrN2O/c1-11-8-12(10-13(16)9-11)15(18-17)6-2-4-14-5-3-7-19-14/h8-10,14-15,18H,2-7,17H2,1H3. The van der Waals surface area contributed by atoms with Gasteiger partial charge in [0.1, 0.15) is 0 Å². The number of nitrogens with two attached hydrogens (primary N) is 1. The number of nitrogens with one attached hydrogen (secondary N) is 1. The van der Waals surface area contributed by atoms with Crippen molar-refractivity contribution in [2.45, 2.75) is 51.2 Å². The molecule has 3 N–H and O–H groups in total. The largest absolute Gasteiger partial charge is 0.378 e. The summed E-state index contributed by atoms with van der Waals surface area (Å²) in [7, 11) is 0. The van der Waals surface area contributed by atoms with E-state index in [9.17, 15) is 0 Å². The third kappa shape index (κ3) is 4.56. The predicted molar refractivity (Wildman–Crippen MR) is 81.8 cm³/mol. The maximum absolute atomic E-state index is 5.70. The number of hydrogen-bond donors (Lipinski definition) is 2. The molecule has 4 heteroatoms. The van der Waals surface area contributed by atoms with Crippen LogP contribution in [0, 0.1) is 6.92 Å². The molecule has 19 heavy (non-hydrogen) atoms. The van der Waals surface area contributed by atoms with Gasteiger partial charge < -0.3 is 4.74 Å². The first-order valence-electron chi connectivity index (χ1n) is 7.04. The van der Waals surface area contributed by atoms with Crippen molar-refractivity contribution in [1.82, 2.24) is 5.43 Å². The molecule has 1 aliphatic heterocycles. The lowest BCUT2D eigenvalue weighted by molar-refractivity contribution is 0.101. The molecule has 2 rings (SSSR count). The molecule has 1 fully saturated rings. The lowest BCUT2D eigenvalue weighted by Crippen LogP contribution is -2.28. The van der Waals surface area contributed by atoms with E-state index in [2.05, 4.69) is 46.5 Å². The monoisotopic (exact) mass is 326 g/mol. The number of rotatable bonds is 6. The lowest BCUT2D eigenvalue weighted by Gasteiger charge is -2.18. The number of hydrazine groups is 1. The first kappa shape index (κ1) is 15.0. The van der Waals surface area contributed by atoms with Gasteiger partial charge in [-0.1, -0.05) is 22.0 Å². The summed E-state index contributed by atoms with van der Waals surface area (Å²) in [5.41, 5.74) is 5.44. The van der Waals surface area contributed by atoms with Crippen LogP contribution >= 0.6 is 15.9 Å². The number of aryl methyl sites for hydroxylation is 1. The number of ether oxygens (including phenoxy) is 1. The van der Waals surface area contributed by atoms with Gasteiger partial charge in [-0.25, -0.2) is 0 Å². The maximum atomic E-state index is 5.70. The van der Waals surface area contributed by atoms with Crippen LogP contribution in [-0.2, 0) is 4.74 Å². The number of hydrogen-bond acceptors (Lipinski definition) is 3. The van der Waals surface area contributed by atoms with Crippen LogP contribution in [0.25, 0.3) is 0 Å². The Balaban J connectivity index is 1.87. The van der Waals surface area contributed by atoms with Crippen molar-refractivity contribution in [2.24, 2.45) is 5.84 Å². The molecular formula is C15H23BrN2O. The van der Waals surface area contributed by atoms with E-state index in [0.717, 1.165) is 30.3 Å². The van der Waals surface area contributed by atoms with Crippen molar-refractivity contribution in [3.05, 3.63) is 33.8 Å². The Morgan fingerprint density at radius 1 is 1.47 bits per heavy atom. The third-order valence-corrected chi connectivity index (χ3v) is 4.17. The summed E-state index contributed by atoms with van der Waals surface area (Å²) < 4.78 is 6.77. The summed E-state index contributed by atoms with van der Waals surface area (Å²) in [6.45, 7) is 3.04. The maximum Gasteiger partial charge on any atom is 0.0576 e. The van der Waals surface area contributed by atoms with E-state index in [0.29, 0.717) is 6.10 Å². The van der Waals surface area contributed by atoms with Crippen LogP contribution in [0.2, 0.25) is 0 Å². The van der Waals surface area contributed by atoms with E-state index in [1.165, 1.54) is 24.0 Å². The average molecular weight is 327 g/mol. The molecule has 1 heterocycles. The van der Waals surface area contributed by atoms with Crippen LogP contribution < -0.4 is 11.3 Å². The van der Waals surface area contributed by atoms with Crippen LogP contribution in [-0.4, -0.2) is 12.7 Å². The zero-order chi connectivity index (χ0) is 13.7. The van der Waals surface area contributed by atoms with Crippen molar-refractivity contribution < 1.29 is 4.74 Å². The molecule has 1 aromatic rings. The van der Waals surface area contributed by atoms with Gasteiger partial charge in [-0.2, -0.15) is 0 Å². The predicted octanol–water partition coefficient (Wildman–Crippen LogP) is 3.61. The molecular weight excluding hydrogens is 304 g/mol. The molecule has 1 saturated heterocycles. The van der Waals surface area contributed by atoms with E-state index in [4.69, 9.17) is 10.6 Å². The Bertz CT molecular complexity index is 385. The van der Waals surface area contributed by atoms with Gasteiger partial charge in [-0.3, -0.25) is 11.3 Å². The van der Waals surface area contributed by atoms with Crippen molar-refractivity contribution in [2.75, 3.05) is 6.61 Å². The van der Waals surface area contributed by atoms with Gasteiger partial charge in [0.25, 0.3) is 0 Å². The van der Waals surface area contributed by atoms with Crippen LogP contribution in [0.15, 0.2) is 22.7 Å². The summed E-state index contributed by atoms with van der Waals surface area (Å²) >= 11 is 3.54. The molecule has 0 amide bonds. The van der Waals surface area contributed by atoms with Crippen molar-refractivity contribution in [3.8, 4) is 0 Å². The fraction of sp³-hybridized carbons (Fsp3) is 0.600. The van der Waals surface area contributed by atoms with Crippen molar-refractivity contribution >= 4 is 15.9 Å². The molecule has 0 radical (unpaired) electrons. The van der Waals surface area contributed by atoms with Gasteiger partial charge >= 0.3 is 0 Å². The van der Waals surface area contributed by atoms with E-state index >= 15 is 0 Å². The second-order valence-corrected chi connectivity index (χ2v) is 6.26.